The summed E-state index contributed by atoms with van der Waals surface area (Å²) in [7, 11) is 6.85. The Bertz CT molecular complexity index is 1130. The average Bonchev–Trinajstić information content (AvgIpc) is 3.44. The highest BCUT2D eigenvalue weighted by molar-refractivity contribution is 7.12. The van der Waals surface area contributed by atoms with Crippen molar-refractivity contribution >= 4 is 34.7 Å². The van der Waals surface area contributed by atoms with E-state index in [-0.39, 0.29) is 11.7 Å². The van der Waals surface area contributed by atoms with Crippen molar-refractivity contribution in [2.24, 2.45) is 10.1 Å². The number of aliphatic imine (C=N–C) groups is 1. The first kappa shape index (κ1) is 20.6. The largest absolute Gasteiger partial charge is 0.495 e. The minimum Gasteiger partial charge on any atom is -0.495 e. The molecule has 1 amide bonds. The van der Waals surface area contributed by atoms with Gasteiger partial charge in [0.25, 0.3) is 11.8 Å². The predicted molar refractivity (Wildman–Crippen MR) is 120 cm³/mol. The van der Waals surface area contributed by atoms with Gasteiger partial charge in [-0.3, -0.25) is 10.2 Å². The molecule has 0 bridgehead atoms. The number of amidine groups is 1. The number of methoxy groups -OCH3 is 1. The lowest BCUT2D eigenvalue weighted by atomic mass is 10.0. The molecule has 0 atom stereocenters. The van der Waals surface area contributed by atoms with Crippen LogP contribution in [0.25, 0.3) is 0 Å². The molecule has 160 valence electrons. The van der Waals surface area contributed by atoms with Crippen LogP contribution in [0.1, 0.15) is 20.8 Å². The summed E-state index contributed by atoms with van der Waals surface area (Å²) in [5, 5.41) is 14.6. The fourth-order valence-electron chi connectivity index (χ4n) is 3.14. The van der Waals surface area contributed by atoms with E-state index in [1.807, 2.05) is 30.6 Å². The van der Waals surface area contributed by atoms with Gasteiger partial charge in [0.05, 0.1) is 19.4 Å². The molecule has 0 spiro atoms. The number of likely N-dealkylation sites (N-methyl/N-ethyl adjacent to an activating group) is 1. The van der Waals surface area contributed by atoms with Crippen molar-refractivity contribution in [2.45, 2.75) is 0 Å². The second-order valence-corrected chi connectivity index (χ2v) is 8.08. The van der Waals surface area contributed by atoms with E-state index in [1.54, 1.807) is 38.2 Å². The van der Waals surface area contributed by atoms with Gasteiger partial charge in [0, 0.05) is 26.7 Å². The van der Waals surface area contributed by atoms with E-state index in [0.717, 1.165) is 16.2 Å². The number of ether oxygens (including phenoxy) is 2. The van der Waals surface area contributed by atoms with Gasteiger partial charge in [0.1, 0.15) is 10.6 Å². The van der Waals surface area contributed by atoms with E-state index in [2.05, 4.69) is 15.5 Å². The molecule has 2 aromatic rings. The minimum atomic E-state index is -0.0592. The van der Waals surface area contributed by atoms with Crippen LogP contribution in [0.5, 0.6) is 5.75 Å². The fraction of sp³-hybridized carbons (Fsp3) is 0.238. The van der Waals surface area contributed by atoms with Crippen molar-refractivity contribution in [3.8, 4) is 5.75 Å². The number of hydrogen-bond donors (Lipinski definition) is 2. The van der Waals surface area contributed by atoms with Gasteiger partial charge >= 0.3 is 0 Å². The van der Waals surface area contributed by atoms with E-state index >= 15 is 0 Å². The lowest BCUT2D eigenvalue weighted by Gasteiger charge is -2.27. The van der Waals surface area contributed by atoms with Crippen LogP contribution >= 0.6 is 11.3 Å². The van der Waals surface area contributed by atoms with Crippen LogP contribution < -0.4 is 10.2 Å². The molecule has 2 aliphatic rings. The Morgan fingerprint density at radius 3 is 2.71 bits per heavy atom. The summed E-state index contributed by atoms with van der Waals surface area (Å²) < 4.78 is 11.2. The summed E-state index contributed by atoms with van der Waals surface area (Å²) in [6.07, 6.45) is 0. The zero-order valence-corrected chi connectivity index (χ0v) is 18.4. The average molecular weight is 439 g/mol. The second-order valence-electron chi connectivity index (χ2n) is 7.17. The third kappa shape index (κ3) is 3.89. The van der Waals surface area contributed by atoms with Crippen molar-refractivity contribution in [1.82, 2.24) is 15.2 Å². The molecule has 0 saturated heterocycles. The highest BCUT2D eigenvalue weighted by Crippen LogP contribution is 2.29. The van der Waals surface area contributed by atoms with E-state index in [1.165, 1.54) is 16.2 Å². The summed E-state index contributed by atoms with van der Waals surface area (Å²) in [6, 6.07) is 9.13. The Labute approximate surface area is 183 Å². The van der Waals surface area contributed by atoms with Crippen molar-refractivity contribution in [1.29, 1.82) is 5.41 Å². The number of hydrazone groups is 1. The quantitative estimate of drug-likeness (QED) is 0.763. The zero-order chi connectivity index (χ0) is 22.1. The van der Waals surface area contributed by atoms with Crippen LogP contribution in [-0.2, 0) is 4.74 Å². The molecular formula is C21H22N6O3S. The molecule has 2 aliphatic heterocycles. The first-order chi connectivity index (χ1) is 14.9. The Hall–Kier alpha value is -3.66. The van der Waals surface area contributed by atoms with Crippen LogP contribution in [0, 0.1) is 5.41 Å². The van der Waals surface area contributed by atoms with Crippen LogP contribution in [0.4, 0.5) is 0 Å². The van der Waals surface area contributed by atoms with Gasteiger partial charge in [0.2, 0.25) is 5.88 Å². The number of rotatable bonds is 4. The molecule has 1 aromatic heterocycles. The number of hydrogen-bond acceptors (Lipinski definition) is 8. The summed E-state index contributed by atoms with van der Waals surface area (Å²) in [6.45, 7) is 0.461. The van der Waals surface area contributed by atoms with E-state index in [9.17, 15) is 4.79 Å². The smallest absolute Gasteiger partial charge is 0.259 e. The highest BCUT2D eigenvalue weighted by atomic mass is 32.1. The van der Waals surface area contributed by atoms with Gasteiger partial charge in [0.15, 0.2) is 11.5 Å². The molecule has 0 saturated carbocycles. The molecule has 0 radical (unpaired) electrons. The molecule has 0 fully saturated rings. The summed E-state index contributed by atoms with van der Waals surface area (Å²) in [5.74, 6) is 1.50. The van der Waals surface area contributed by atoms with Crippen LogP contribution in [0.2, 0.25) is 0 Å². The van der Waals surface area contributed by atoms with Gasteiger partial charge in [-0.1, -0.05) is 12.1 Å². The van der Waals surface area contributed by atoms with Crippen LogP contribution in [0.15, 0.2) is 57.4 Å². The van der Waals surface area contributed by atoms with Crippen molar-refractivity contribution in [2.75, 3.05) is 34.8 Å². The third-order valence-corrected chi connectivity index (χ3v) is 5.71. The topological polar surface area (TPSA) is 103 Å². The zero-order valence-electron chi connectivity index (χ0n) is 17.6. The van der Waals surface area contributed by atoms with Gasteiger partial charge in [-0.05, 0) is 29.1 Å². The Morgan fingerprint density at radius 2 is 2.03 bits per heavy atom. The molecule has 10 heteroatoms. The maximum absolute atomic E-state index is 12.1. The maximum Gasteiger partial charge on any atom is 0.259 e. The number of carbonyl (C=O) groups excluding carboxylic acids is 1. The lowest BCUT2D eigenvalue weighted by molar-refractivity contribution is 0.0827. The third-order valence-electron chi connectivity index (χ3n) is 4.83. The van der Waals surface area contributed by atoms with Crippen molar-refractivity contribution < 1.29 is 14.3 Å². The van der Waals surface area contributed by atoms with E-state index in [0.29, 0.717) is 35.3 Å². The number of nitrogens with one attached hydrogen (secondary N) is 2. The first-order valence-corrected chi connectivity index (χ1v) is 10.3. The SMILES string of the molecule is COc1ccsc1C1=NNC(=C2N=C(c3ccc(C(=O)N(C)C)cc3)CN(C)C2=N)O1. The lowest BCUT2D eigenvalue weighted by Crippen LogP contribution is -2.38. The molecule has 2 N–H and O–H groups in total. The minimum absolute atomic E-state index is 0.0592. The Kier molecular flexibility index (Phi) is 5.47. The summed E-state index contributed by atoms with van der Waals surface area (Å²) in [4.78, 5) is 20.9. The summed E-state index contributed by atoms with van der Waals surface area (Å²) >= 11 is 1.45. The number of thiophene rings is 1. The van der Waals surface area contributed by atoms with Gasteiger partial charge in [-0.15, -0.1) is 16.4 Å². The summed E-state index contributed by atoms with van der Waals surface area (Å²) in [5.41, 5.74) is 5.43. The molecule has 4 rings (SSSR count). The number of benzene rings is 1. The molecular weight excluding hydrogens is 416 g/mol. The molecule has 1 aromatic carbocycles. The first-order valence-electron chi connectivity index (χ1n) is 9.46. The van der Waals surface area contributed by atoms with Crippen LogP contribution in [-0.4, -0.2) is 67.9 Å². The van der Waals surface area contributed by atoms with E-state index < -0.39 is 0 Å². The fourth-order valence-corrected chi connectivity index (χ4v) is 3.93. The second kappa shape index (κ2) is 8.23. The Balaban J connectivity index is 1.63. The number of carbonyl (C=O) groups is 1. The molecule has 9 nitrogen and oxygen atoms in total. The molecule has 0 aliphatic carbocycles. The van der Waals surface area contributed by atoms with Crippen molar-refractivity contribution in [3.05, 3.63) is 63.3 Å². The monoisotopic (exact) mass is 438 g/mol. The number of amides is 1. The molecule has 3 heterocycles. The normalized spacial score (nSPS) is 18.2. The van der Waals surface area contributed by atoms with Crippen LogP contribution in [0.3, 0.4) is 0 Å². The number of nitrogens with zero attached hydrogens (tertiary/aromatic N) is 4. The molecule has 31 heavy (non-hydrogen) atoms. The molecule has 0 unspecified atom stereocenters. The van der Waals surface area contributed by atoms with Gasteiger partial charge in [-0.25, -0.2) is 10.4 Å². The van der Waals surface area contributed by atoms with Crippen molar-refractivity contribution in [3.63, 3.8) is 0 Å². The van der Waals surface area contributed by atoms with Gasteiger partial charge in [-0.2, -0.15) is 0 Å². The van der Waals surface area contributed by atoms with Gasteiger partial charge < -0.3 is 19.3 Å². The van der Waals surface area contributed by atoms with E-state index in [4.69, 9.17) is 14.9 Å². The predicted octanol–water partition coefficient (Wildman–Crippen LogP) is 2.32. The standard InChI is InChI=1S/C21H22N6O3S/c1-26(2)21(28)13-7-5-12(6-8-13)14-11-27(3)18(22)16(23-14)19-24-25-20(30-19)17-15(29-4)9-10-31-17/h5-10,22,24H,11H2,1-4H3. The Morgan fingerprint density at radius 1 is 1.29 bits per heavy atom. The highest BCUT2D eigenvalue weighted by Gasteiger charge is 2.29. The maximum atomic E-state index is 12.1.